The van der Waals surface area contributed by atoms with Crippen molar-refractivity contribution in [1.29, 1.82) is 0 Å². The van der Waals surface area contributed by atoms with Crippen molar-refractivity contribution in [3.05, 3.63) is 47.8 Å². The van der Waals surface area contributed by atoms with E-state index in [0.29, 0.717) is 11.9 Å². The van der Waals surface area contributed by atoms with Crippen LogP contribution in [-0.4, -0.2) is 9.97 Å². The summed E-state index contributed by atoms with van der Waals surface area (Å²) in [7, 11) is 0. The Bertz CT molecular complexity index is 462. The molecule has 0 spiro atoms. The van der Waals surface area contributed by atoms with Gasteiger partial charge in [0.15, 0.2) is 5.95 Å². The molecule has 3 heteroatoms. The Kier molecular flexibility index (Phi) is 4.40. The second-order valence-corrected chi connectivity index (χ2v) is 4.71. The molecule has 2 rings (SSSR count). The molecule has 18 heavy (non-hydrogen) atoms. The van der Waals surface area contributed by atoms with Crippen LogP contribution in [0, 0.1) is 0 Å². The fraction of sp³-hybridized carbons (Fsp3) is 0.400. The predicted molar refractivity (Wildman–Crippen MR) is 75.4 cm³/mol. The zero-order valence-electron chi connectivity index (χ0n) is 10.9. The number of nitrogens with two attached hydrogens (primary N) is 1. The first kappa shape index (κ1) is 12.7. The van der Waals surface area contributed by atoms with Crippen LogP contribution < -0.4 is 5.73 Å². The van der Waals surface area contributed by atoms with Gasteiger partial charge < -0.3 is 10.7 Å². The van der Waals surface area contributed by atoms with E-state index in [0.717, 1.165) is 12.8 Å². The molecule has 96 valence electrons. The Morgan fingerprint density at radius 3 is 2.67 bits per heavy atom. The molecule has 1 aromatic carbocycles. The summed E-state index contributed by atoms with van der Waals surface area (Å²) in [5.74, 6) is 1.06. The highest BCUT2D eigenvalue weighted by atomic mass is 15.0. The van der Waals surface area contributed by atoms with Gasteiger partial charge in [0.25, 0.3) is 0 Å². The highest BCUT2D eigenvalue weighted by molar-refractivity contribution is 5.21. The van der Waals surface area contributed by atoms with Crippen LogP contribution >= 0.6 is 0 Å². The first-order valence-electron chi connectivity index (χ1n) is 6.64. The number of H-pyrrole nitrogens is 1. The van der Waals surface area contributed by atoms with Gasteiger partial charge in [0.2, 0.25) is 0 Å². The van der Waals surface area contributed by atoms with E-state index < -0.39 is 0 Å². The Balaban J connectivity index is 1.85. The van der Waals surface area contributed by atoms with Gasteiger partial charge in [-0.05, 0) is 31.2 Å². The summed E-state index contributed by atoms with van der Waals surface area (Å²) in [4.78, 5) is 7.22. The number of anilines is 1. The number of nitrogens with zero attached hydrogens (tertiary/aromatic N) is 1. The van der Waals surface area contributed by atoms with E-state index in [1.54, 1.807) is 0 Å². The molecule has 1 unspecified atom stereocenters. The number of nitrogen functional groups attached to an aromatic ring is 1. The number of rotatable bonds is 6. The molecule has 0 aliphatic carbocycles. The van der Waals surface area contributed by atoms with Gasteiger partial charge in [-0.2, -0.15) is 0 Å². The summed E-state index contributed by atoms with van der Waals surface area (Å²) in [5, 5.41) is 0. The maximum Gasteiger partial charge on any atom is 0.197 e. The second-order valence-electron chi connectivity index (χ2n) is 4.71. The molecule has 1 aromatic heterocycles. The van der Waals surface area contributed by atoms with E-state index in [4.69, 9.17) is 5.73 Å². The van der Waals surface area contributed by atoms with Crippen molar-refractivity contribution in [3.8, 4) is 0 Å². The number of imidazole rings is 1. The van der Waals surface area contributed by atoms with Gasteiger partial charge in [0, 0.05) is 11.6 Å². The van der Waals surface area contributed by atoms with Gasteiger partial charge in [-0.15, -0.1) is 0 Å². The third kappa shape index (κ3) is 3.36. The molecular formula is C15H21N3. The molecule has 0 fully saturated rings. The van der Waals surface area contributed by atoms with E-state index in [2.05, 4.69) is 47.2 Å². The standard InChI is InChI=1S/C15H21N3/c1-2-13(14-11-17-15(16)18-14)10-6-9-12-7-4-3-5-8-12/h3-5,7-8,11,13H,2,6,9-10H2,1H3,(H3,16,17,18). The number of aryl methyl sites for hydroxylation is 1. The summed E-state index contributed by atoms with van der Waals surface area (Å²) in [6.45, 7) is 2.21. The lowest BCUT2D eigenvalue weighted by Crippen LogP contribution is -1.99. The zero-order chi connectivity index (χ0) is 12.8. The van der Waals surface area contributed by atoms with Crippen LogP contribution in [0.5, 0.6) is 0 Å². The molecule has 1 atom stereocenters. The van der Waals surface area contributed by atoms with Crippen LogP contribution in [0.1, 0.15) is 43.4 Å². The van der Waals surface area contributed by atoms with Crippen LogP contribution in [0.2, 0.25) is 0 Å². The molecule has 0 saturated carbocycles. The van der Waals surface area contributed by atoms with Crippen molar-refractivity contribution in [2.75, 3.05) is 5.73 Å². The van der Waals surface area contributed by atoms with Crippen LogP contribution in [-0.2, 0) is 6.42 Å². The van der Waals surface area contributed by atoms with Crippen molar-refractivity contribution in [3.63, 3.8) is 0 Å². The minimum absolute atomic E-state index is 0.520. The fourth-order valence-electron chi connectivity index (χ4n) is 2.34. The van der Waals surface area contributed by atoms with Gasteiger partial charge in [0.1, 0.15) is 0 Å². The number of hydrogen-bond acceptors (Lipinski definition) is 2. The van der Waals surface area contributed by atoms with Gasteiger partial charge >= 0.3 is 0 Å². The molecule has 0 bridgehead atoms. The largest absolute Gasteiger partial charge is 0.369 e. The molecule has 1 heterocycles. The van der Waals surface area contributed by atoms with Crippen molar-refractivity contribution in [1.82, 2.24) is 9.97 Å². The molecule has 3 nitrogen and oxygen atoms in total. The molecule has 0 amide bonds. The molecule has 3 N–H and O–H groups in total. The molecule has 0 radical (unpaired) electrons. The Morgan fingerprint density at radius 2 is 2.06 bits per heavy atom. The first-order chi connectivity index (χ1) is 8.79. The SMILES string of the molecule is CCC(CCCc1ccccc1)c1cnc(N)[nH]1. The zero-order valence-corrected chi connectivity index (χ0v) is 10.9. The minimum Gasteiger partial charge on any atom is -0.369 e. The van der Waals surface area contributed by atoms with E-state index in [1.165, 1.54) is 24.1 Å². The summed E-state index contributed by atoms with van der Waals surface area (Å²) < 4.78 is 0. The Labute approximate surface area is 108 Å². The number of aromatic nitrogens is 2. The highest BCUT2D eigenvalue weighted by Crippen LogP contribution is 2.24. The van der Waals surface area contributed by atoms with Gasteiger partial charge in [-0.1, -0.05) is 37.3 Å². The fourth-order valence-corrected chi connectivity index (χ4v) is 2.34. The van der Waals surface area contributed by atoms with Crippen LogP contribution in [0.25, 0.3) is 0 Å². The average molecular weight is 243 g/mol. The van der Waals surface area contributed by atoms with Gasteiger partial charge in [-0.25, -0.2) is 4.98 Å². The summed E-state index contributed by atoms with van der Waals surface area (Å²) in [5.41, 5.74) is 8.21. The van der Waals surface area contributed by atoms with E-state index in [1.807, 2.05) is 6.20 Å². The Morgan fingerprint density at radius 1 is 1.28 bits per heavy atom. The molecular weight excluding hydrogens is 222 g/mol. The van der Waals surface area contributed by atoms with Crippen LogP contribution in [0.15, 0.2) is 36.5 Å². The van der Waals surface area contributed by atoms with Crippen molar-refractivity contribution >= 4 is 5.95 Å². The number of hydrogen-bond donors (Lipinski definition) is 2. The monoisotopic (exact) mass is 243 g/mol. The third-order valence-corrected chi connectivity index (χ3v) is 3.41. The van der Waals surface area contributed by atoms with Crippen molar-refractivity contribution in [2.24, 2.45) is 0 Å². The lowest BCUT2D eigenvalue weighted by atomic mass is 9.95. The third-order valence-electron chi connectivity index (χ3n) is 3.41. The smallest absolute Gasteiger partial charge is 0.197 e. The summed E-state index contributed by atoms with van der Waals surface area (Å²) in [6, 6.07) is 10.6. The summed E-state index contributed by atoms with van der Waals surface area (Å²) in [6.07, 6.45) is 6.50. The number of nitrogens with one attached hydrogen (secondary N) is 1. The van der Waals surface area contributed by atoms with E-state index >= 15 is 0 Å². The predicted octanol–water partition coefficient (Wildman–Crippen LogP) is 3.51. The quantitative estimate of drug-likeness (QED) is 0.815. The normalized spacial score (nSPS) is 12.5. The highest BCUT2D eigenvalue weighted by Gasteiger charge is 2.11. The maximum absolute atomic E-state index is 5.62. The molecule has 2 aromatic rings. The van der Waals surface area contributed by atoms with Gasteiger partial charge in [0.05, 0.1) is 6.20 Å². The average Bonchev–Trinajstić information content (AvgIpc) is 2.82. The minimum atomic E-state index is 0.520. The topological polar surface area (TPSA) is 54.7 Å². The van der Waals surface area contributed by atoms with Gasteiger partial charge in [-0.3, -0.25) is 0 Å². The molecule has 0 saturated heterocycles. The molecule has 0 aliphatic rings. The summed E-state index contributed by atoms with van der Waals surface area (Å²) >= 11 is 0. The van der Waals surface area contributed by atoms with E-state index in [-0.39, 0.29) is 0 Å². The number of aromatic amines is 1. The maximum atomic E-state index is 5.62. The number of benzene rings is 1. The van der Waals surface area contributed by atoms with Crippen molar-refractivity contribution in [2.45, 2.75) is 38.5 Å². The van der Waals surface area contributed by atoms with Crippen LogP contribution in [0.3, 0.4) is 0 Å². The van der Waals surface area contributed by atoms with E-state index in [9.17, 15) is 0 Å². The molecule has 0 aliphatic heterocycles. The lowest BCUT2D eigenvalue weighted by Gasteiger charge is -2.12. The first-order valence-corrected chi connectivity index (χ1v) is 6.64. The van der Waals surface area contributed by atoms with Crippen LogP contribution in [0.4, 0.5) is 5.95 Å². The Hall–Kier alpha value is -1.77. The second kappa shape index (κ2) is 6.24. The lowest BCUT2D eigenvalue weighted by molar-refractivity contribution is 0.565. The van der Waals surface area contributed by atoms with Crippen molar-refractivity contribution < 1.29 is 0 Å².